The Balaban J connectivity index is 0.00000260. The van der Waals surface area contributed by atoms with Crippen LogP contribution < -0.4 is 0 Å². The van der Waals surface area contributed by atoms with Gasteiger partial charge in [0.2, 0.25) is 0 Å². The van der Waals surface area contributed by atoms with Crippen molar-refractivity contribution in [3.8, 4) is 22.3 Å². The van der Waals surface area contributed by atoms with Crippen molar-refractivity contribution >= 4 is 43.8 Å². The molecule has 254 valence electrons. The van der Waals surface area contributed by atoms with Gasteiger partial charge in [-0.05, 0) is 0 Å². The number of fused-ring (bicyclic) bond motifs is 2. The van der Waals surface area contributed by atoms with Gasteiger partial charge in [0.15, 0.2) is 0 Å². The number of rotatable bonds is 7. The van der Waals surface area contributed by atoms with Crippen LogP contribution >= 0.6 is 24.8 Å². The van der Waals surface area contributed by atoms with Gasteiger partial charge in [-0.15, -0.1) is 24.8 Å². The Morgan fingerprint density at radius 3 is 1.65 bits per heavy atom. The van der Waals surface area contributed by atoms with Crippen molar-refractivity contribution in [2.45, 2.75) is 89.7 Å². The first-order valence-electron chi connectivity index (χ1n) is 17.5. The van der Waals surface area contributed by atoms with E-state index >= 15 is 0 Å². The Morgan fingerprint density at radius 1 is 0.688 bits per heavy atom. The van der Waals surface area contributed by atoms with Crippen LogP contribution in [-0.2, 0) is 22.8 Å². The van der Waals surface area contributed by atoms with Gasteiger partial charge < -0.3 is 0 Å². The standard InChI is InChI=1S/C22H25.C20H21.2CH3.2ClH.H2Si.Zr/c1-5-16(4)20-13-19-7-6-8-21(22(19)14-20)18-11-9-17(10-12-18)15(2)3;1-14-12-16-6-5-7-18(19(16)13-14)15-8-10-17(11-9-15)20(2,3)4;;;;;;/h6-16H,5H2,1-4H3;5-13H,1-4H3;2*1H3;2*1H;1H2;. The second-order valence-corrected chi connectivity index (χ2v) is 47.3. The zero-order chi connectivity index (χ0) is 33.2. The van der Waals surface area contributed by atoms with E-state index in [9.17, 15) is 0 Å². The molecule has 2 aliphatic rings. The van der Waals surface area contributed by atoms with Gasteiger partial charge in [-0.3, -0.25) is 0 Å². The minimum absolute atomic E-state index is 0. The summed E-state index contributed by atoms with van der Waals surface area (Å²) in [6.07, 6.45) is 6.36. The fraction of sp³-hybridized carbons (Fsp3) is 0.364. The van der Waals surface area contributed by atoms with E-state index in [1.165, 1.54) is 50.9 Å². The largest absolute Gasteiger partial charge is 0.147 e. The molecule has 0 aromatic heterocycles. The van der Waals surface area contributed by atoms with Crippen LogP contribution in [0.1, 0.15) is 108 Å². The topological polar surface area (TPSA) is 0 Å². The maximum absolute atomic E-state index is 3.68. The molecule has 4 heteroatoms. The Bertz CT molecular complexity index is 1930. The third-order valence-electron chi connectivity index (χ3n) is 11.4. The second kappa shape index (κ2) is 14.0. The van der Waals surface area contributed by atoms with Crippen molar-refractivity contribution in [3.05, 3.63) is 129 Å². The van der Waals surface area contributed by atoms with E-state index < -0.39 is 17.4 Å². The van der Waals surface area contributed by atoms with Crippen molar-refractivity contribution in [2.75, 3.05) is 0 Å². The fourth-order valence-electron chi connectivity index (χ4n) is 8.82. The molecular formula is C44H56Cl2SiZr. The Hall–Kier alpha value is -1.96. The first kappa shape index (κ1) is 38.8. The van der Waals surface area contributed by atoms with Crippen LogP contribution in [0.2, 0.25) is 9.26 Å². The van der Waals surface area contributed by atoms with E-state index in [0.717, 1.165) is 0 Å². The molecule has 0 amide bonds. The van der Waals surface area contributed by atoms with Crippen LogP contribution in [0.4, 0.5) is 0 Å². The van der Waals surface area contributed by atoms with Crippen LogP contribution in [-0.4, -0.2) is 6.88 Å². The number of allylic oxidation sites excluding steroid dienone is 2. The molecule has 2 aliphatic carbocycles. The zero-order valence-electron chi connectivity index (χ0n) is 30.8. The van der Waals surface area contributed by atoms with Gasteiger partial charge in [-0.1, -0.05) is 0 Å². The third-order valence-corrected chi connectivity index (χ3v) is 29.0. The molecule has 3 unspecified atom stereocenters. The molecule has 0 spiro atoms. The van der Waals surface area contributed by atoms with Crippen LogP contribution in [0.3, 0.4) is 0 Å². The Morgan fingerprint density at radius 2 is 1.17 bits per heavy atom. The average Bonchev–Trinajstić information content (AvgIpc) is 3.59. The normalized spacial score (nSPS) is 17.9. The van der Waals surface area contributed by atoms with E-state index in [1.807, 2.05) is 0 Å². The van der Waals surface area contributed by atoms with Crippen LogP contribution in [0, 0.1) is 5.92 Å². The van der Waals surface area contributed by atoms with Crippen LogP contribution in [0.15, 0.2) is 96.1 Å². The van der Waals surface area contributed by atoms with Crippen molar-refractivity contribution < 1.29 is 17.4 Å². The maximum atomic E-state index is 2.78. The van der Waals surface area contributed by atoms with E-state index in [-0.39, 0.29) is 30.2 Å². The summed E-state index contributed by atoms with van der Waals surface area (Å²) >= 11 is -3.68. The van der Waals surface area contributed by atoms with E-state index in [4.69, 9.17) is 0 Å². The summed E-state index contributed by atoms with van der Waals surface area (Å²) in [7, 11) is 0. The molecule has 0 saturated carbocycles. The first-order valence-corrected chi connectivity index (χ1v) is 31.2. The van der Waals surface area contributed by atoms with Gasteiger partial charge in [0.25, 0.3) is 0 Å². The maximum Gasteiger partial charge on any atom is -0.147 e. The van der Waals surface area contributed by atoms with Gasteiger partial charge in [0.1, 0.15) is 0 Å². The average molecular weight is 775 g/mol. The van der Waals surface area contributed by atoms with Gasteiger partial charge in [-0.2, -0.15) is 0 Å². The summed E-state index contributed by atoms with van der Waals surface area (Å²) in [4.78, 5) is 0. The molecule has 4 aromatic rings. The van der Waals surface area contributed by atoms with Gasteiger partial charge in [0, 0.05) is 0 Å². The molecule has 0 heterocycles. The molecule has 0 N–H and O–H groups in total. The van der Waals surface area contributed by atoms with Crippen molar-refractivity contribution in [2.24, 2.45) is 5.92 Å². The number of halogens is 2. The van der Waals surface area contributed by atoms with Crippen molar-refractivity contribution in [3.63, 3.8) is 0 Å². The molecule has 4 aromatic carbocycles. The quantitative estimate of drug-likeness (QED) is 0.164. The number of benzene rings is 4. The van der Waals surface area contributed by atoms with E-state index in [0.29, 0.717) is 19.1 Å². The smallest absolute Gasteiger partial charge is 0.147 e. The van der Waals surface area contributed by atoms with Gasteiger partial charge in [-0.25, -0.2) is 0 Å². The van der Waals surface area contributed by atoms with Crippen LogP contribution in [0.25, 0.3) is 34.4 Å². The molecule has 0 fully saturated rings. The molecule has 0 aliphatic heterocycles. The number of hydrogen-bond donors (Lipinski definition) is 0. The van der Waals surface area contributed by atoms with Crippen molar-refractivity contribution in [1.82, 2.24) is 0 Å². The molecule has 0 nitrogen and oxygen atoms in total. The third kappa shape index (κ3) is 6.74. The molecule has 6 rings (SSSR count). The monoisotopic (exact) mass is 772 g/mol. The fourth-order valence-corrected chi connectivity index (χ4v) is 29.3. The minimum Gasteiger partial charge on any atom is -0.147 e. The zero-order valence-corrected chi connectivity index (χ0v) is 36.3. The Labute approximate surface area is 306 Å². The summed E-state index contributed by atoms with van der Waals surface area (Å²) in [5.41, 5.74) is 17.7. The molecule has 48 heavy (non-hydrogen) atoms. The minimum atomic E-state index is -3.68. The number of hydrogen-bond acceptors (Lipinski definition) is 0. The van der Waals surface area contributed by atoms with E-state index in [1.54, 1.807) is 22.3 Å². The molecule has 3 atom stereocenters. The van der Waals surface area contributed by atoms with Crippen molar-refractivity contribution in [1.29, 1.82) is 0 Å². The predicted molar refractivity (Wildman–Crippen MR) is 218 cm³/mol. The summed E-state index contributed by atoms with van der Waals surface area (Å²) < 4.78 is 6.60. The summed E-state index contributed by atoms with van der Waals surface area (Å²) in [5.74, 6) is 1.10. The molecular weight excluding hydrogens is 719 g/mol. The van der Waals surface area contributed by atoms with Gasteiger partial charge >= 0.3 is 284 Å². The molecule has 0 saturated heterocycles. The molecule has 0 bridgehead atoms. The molecule has 0 radical (unpaired) electrons. The predicted octanol–water partition coefficient (Wildman–Crippen LogP) is 13.3. The summed E-state index contributed by atoms with van der Waals surface area (Å²) in [5, 5.41) is 0. The Kier molecular flexibility index (Phi) is 11.3. The summed E-state index contributed by atoms with van der Waals surface area (Å²) in [6.45, 7) is 21.2. The van der Waals surface area contributed by atoms with E-state index in [2.05, 4.69) is 169 Å². The summed E-state index contributed by atoms with van der Waals surface area (Å²) in [6, 6.07) is 33.0. The van der Waals surface area contributed by atoms with Gasteiger partial charge in [0.05, 0.1) is 0 Å². The second-order valence-electron chi connectivity index (χ2n) is 16.9. The SMILES string of the molecule is CCC(C)C1=Cc2c(-c3ccc(C(C)C)cc3)cccc2[CH]1[Zr]([CH3])([CH3])(=[SiH2])[CH]1C(C)=Cc2c(-c3ccc(C(C)(C)C)cc3)cccc21.Cl.Cl. The van der Waals surface area contributed by atoms with Crippen LogP contribution in [0.5, 0.6) is 0 Å². The first-order chi connectivity index (χ1) is 21.6.